The zero-order chi connectivity index (χ0) is 12.0. The van der Waals surface area contributed by atoms with Gasteiger partial charge in [0, 0.05) is 7.11 Å². The predicted octanol–water partition coefficient (Wildman–Crippen LogP) is -0.513. The van der Waals surface area contributed by atoms with Crippen LogP contribution in [0.4, 0.5) is 11.6 Å². The van der Waals surface area contributed by atoms with Crippen LogP contribution in [0.5, 0.6) is 5.75 Å². The molecule has 4 N–H and O–H groups in total. The summed E-state index contributed by atoms with van der Waals surface area (Å²) < 4.78 is 10.00. The Morgan fingerprint density at radius 1 is 1.50 bits per heavy atom. The minimum atomic E-state index is -0.270. The lowest BCUT2D eigenvalue weighted by Gasteiger charge is -2.17. The number of rotatable bonds is 6. The Bertz CT molecular complexity index is 335. The lowest BCUT2D eigenvalue weighted by molar-refractivity contribution is 0.153. The van der Waals surface area contributed by atoms with Crippen molar-refractivity contribution in [1.82, 2.24) is 9.97 Å². The number of nitrogen functional groups attached to an aromatic ring is 1. The molecule has 1 heterocycles. The number of hydrogen-bond donors (Lipinski definition) is 3. The Kier molecular flexibility index (Phi) is 4.74. The highest BCUT2D eigenvalue weighted by atomic mass is 16.5. The number of anilines is 2. The molecule has 16 heavy (non-hydrogen) atoms. The van der Waals surface area contributed by atoms with E-state index in [9.17, 15) is 0 Å². The molecule has 1 aromatic heterocycles. The summed E-state index contributed by atoms with van der Waals surface area (Å²) in [5.41, 5.74) is 5.61. The van der Waals surface area contributed by atoms with E-state index in [1.807, 2.05) is 0 Å². The maximum atomic E-state index is 9.09. The molecule has 0 bridgehead atoms. The molecule has 0 fully saturated rings. The third kappa shape index (κ3) is 2.94. The Balaban J connectivity index is 2.82. The molecule has 0 spiro atoms. The summed E-state index contributed by atoms with van der Waals surface area (Å²) in [7, 11) is 3.03. The van der Waals surface area contributed by atoms with Gasteiger partial charge in [-0.2, -0.15) is 0 Å². The fourth-order valence-corrected chi connectivity index (χ4v) is 1.23. The number of ether oxygens (including phenoxy) is 2. The van der Waals surface area contributed by atoms with E-state index in [-0.39, 0.29) is 18.5 Å². The van der Waals surface area contributed by atoms with E-state index in [0.717, 1.165) is 0 Å². The van der Waals surface area contributed by atoms with Gasteiger partial charge in [0.05, 0.1) is 26.4 Å². The van der Waals surface area contributed by atoms with Gasteiger partial charge in [-0.3, -0.25) is 0 Å². The normalized spacial score (nSPS) is 12.2. The van der Waals surface area contributed by atoms with E-state index >= 15 is 0 Å². The van der Waals surface area contributed by atoms with Gasteiger partial charge in [0.15, 0.2) is 11.6 Å². The highest BCUT2D eigenvalue weighted by molar-refractivity contribution is 5.61. The summed E-state index contributed by atoms with van der Waals surface area (Å²) in [5.74, 6) is 1.04. The first-order chi connectivity index (χ1) is 7.72. The molecule has 0 amide bonds. The zero-order valence-electron chi connectivity index (χ0n) is 9.30. The van der Waals surface area contributed by atoms with Gasteiger partial charge in [-0.1, -0.05) is 0 Å². The number of hydrogen-bond acceptors (Lipinski definition) is 7. The molecule has 1 unspecified atom stereocenters. The third-order valence-corrected chi connectivity index (χ3v) is 1.96. The van der Waals surface area contributed by atoms with Crippen LogP contribution in [-0.4, -0.2) is 48.5 Å². The van der Waals surface area contributed by atoms with Gasteiger partial charge in [0.25, 0.3) is 0 Å². The minimum Gasteiger partial charge on any atom is -0.490 e. The van der Waals surface area contributed by atoms with Crippen LogP contribution in [0, 0.1) is 0 Å². The molecule has 1 rings (SSSR count). The lowest BCUT2D eigenvalue weighted by atomic mass is 10.3. The largest absolute Gasteiger partial charge is 0.490 e. The van der Waals surface area contributed by atoms with Crippen molar-refractivity contribution in [3.05, 3.63) is 6.33 Å². The van der Waals surface area contributed by atoms with Crippen molar-refractivity contribution in [2.45, 2.75) is 6.04 Å². The van der Waals surface area contributed by atoms with Crippen LogP contribution in [0.15, 0.2) is 6.33 Å². The first-order valence-corrected chi connectivity index (χ1v) is 4.73. The number of aliphatic hydroxyl groups excluding tert-OH is 1. The van der Waals surface area contributed by atoms with Gasteiger partial charge < -0.3 is 25.6 Å². The van der Waals surface area contributed by atoms with Crippen molar-refractivity contribution >= 4 is 11.6 Å². The maximum absolute atomic E-state index is 9.09. The summed E-state index contributed by atoms with van der Waals surface area (Å²) in [4.78, 5) is 7.78. The Hall–Kier alpha value is -1.60. The summed E-state index contributed by atoms with van der Waals surface area (Å²) in [6, 6.07) is -0.270. The molecular formula is C9H16N4O3. The van der Waals surface area contributed by atoms with E-state index in [0.29, 0.717) is 18.2 Å². The number of nitrogens with zero attached hydrogens (tertiary/aromatic N) is 2. The van der Waals surface area contributed by atoms with Gasteiger partial charge in [-0.15, -0.1) is 0 Å². The summed E-state index contributed by atoms with van der Waals surface area (Å²) in [5, 5.41) is 12.1. The van der Waals surface area contributed by atoms with Crippen LogP contribution in [0.25, 0.3) is 0 Å². The Morgan fingerprint density at radius 3 is 2.81 bits per heavy atom. The predicted molar refractivity (Wildman–Crippen MR) is 59.4 cm³/mol. The van der Waals surface area contributed by atoms with Gasteiger partial charge in [-0.25, -0.2) is 9.97 Å². The second kappa shape index (κ2) is 6.09. The quantitative estimate of drug-likeness (QED) is 0.602. The molecule has 7 heteroatoms. The molecular weight excluding hydrogens is 212 g/mol. The number of aliphatic hydroxyl groups is 1. The van der Waals surface area contributed by atoms with Crippen molar-refractivity contribution < 1.29 is 14.6 Å². The lowest BCUT2D eigenvalue weighted by Crippen LogP contribution is -2.29. The van der Waals surface area contributed by atoms with Crippen LogP contribution in [0.3, 0.4) is 0 Å². The maximum Gasteiger partial charge on any atom is 0.203 e. The highest BCUT2D eigenvalue weighted by Gasteiger charge is 2.13. The van der Waals surface area contributed by atoms with Gasteiger partial charge >= 0.3 is 0 Å². The van der Waals surface area contributed by atoms with Crippen LogP contribution < -0.4 is 15.8 Å². The average molecular weight is 228 g/mol. The third-order valence-electron chi connectivity index (χ3n) is 1.96. The zero-order valence-corrected chi connectivity index (χ0v) is 9.30. The molecule has 0 aliphatic heterocycles. The van der Waals surface area contributed by atoms with Crippen LogP contribution >= 0.6 is 0 Å². The number of nitrogens with two attached hydrogens (primary N) is 1. The molecule has 0 saturated carbocycles. The minimum absolute atomic E-state index is 0.0824. The number of methoxy groups -OCH3 is 2. The fraction of sp³-hybridized carbons (Fsp3) is 0.556. The average Bonchev–Trinajstić information content (AvgIpc) is 2.28. The molecule has 7 nitrogen and oxygen atoms in total. The summed E-state index contributed by atoms with van der Waals surface area (Å²) in [6.07, 6.45) is 1.32. The van der Waals surface area contributed by atoms with E-state index < -0.39 is 0 Å². The van der Waals surface area contributed by atoms with Crippen LogP contribution in [-0.2, 0) is 4.74 Å². The van der Waals surface area contributed by atoms with Crippen molar-refractivity contribution in [2.24, 2.45) is 0 Å². The van der Waals surface area contributed by atoms with E-state index in [1.54, 1.807) is 7.11 Å². The standard InChI is InChI=1S/C9H16N4O3/c1-15-4-6(3-14)13-9-7(16-2)8(10)11-5-12-9/h5-6,14H,3-4H2,1-2H3,(H3,10,11,12,13). The second-order valence-electron chi connectivity index (χ2n) is 3.12. The first-order valence-electron chi connectivity index (χ1n) is 4.73. The fourth-order valence-electron chi connectivity index (χ4n) is 1.23. The molecule has 90 valence electrons. The summed E-state index contributed by atoms with van der Waals surface area (Å²) in [6.45, 7) is 0.268. The molecule has 0 saturated heterocycles. The highest BCUT2D eigenvalue weighted by Crippen LogP contribution is 2.26. The van der Waals surface area contributed by atoms with Gasteiger partial charge in [-0.05, 0) is 0 Å². The van der Waals surface area contributed by atoms with Crippen molar-refractivity contribution in [3.63, 3.8) is 0 Å². The first kappa shape index (κ1) is 12.5. The molecule has 0 aliphatic carbocycles. The SMILES string of the molecule is COCC(CO)Nc1ncnc(N)c1OC. The van der Waals surface area contributed by atoms with Crippen molar-refractivity contribution in [1.29, 1.82) is 0 Å². The van der Waals surface area contributed by atoms with Crippen molar-refractivity contribution in [3.8, 4) is 5.75 Å². The van der Waals surface area contributed by atoms with Crippen LogP contribution in [0.2, 0.25) is 0 Å². The van der Waals surface area contributed by atoms with Gasteiger partial charge in [0.1, 0.15) is 6.33 Å². The summed E-state index contributed by atoms with van der Waals surface area (Å²) >= 11 is 0. The van der Waals surface area contributed by atoms with E-state index in [2.05, 4.69) is 15.3 Å². The molecule has 0 radical (unpaired) electrons. The van der Waals surface area contributed by atoms with Crippen molar-refractivity contribution in [2.75, 3.05) is 38.5 Å². The monoisotopic (exact) mass is 228 g/mol. The van der Waals surface area contributed by atoms with E-state index in [4.69, 9.17) is 20.3 Å². The van der Waals surface area contributed by atoms with Gasteiger partial charge in [0.2, 0.25) is 5.75 Å². The molecule has 0 aliphatic rings. The smallest absolute Gasteiger partial charge is 0.203 e. The second-order valence-corrected chi connectivity index (χ2v) is 3.12. The Morgan fingerprint density at radius 2 is 2.25 bits per heavy atom. The number of aromatic nitrogens is 2. The molecule has 1 aromatic rings. The van der Waals surface area contributed by atoms with Crippen LogP contribution in [0.1, 0.15) is 0 Å². The topological polar surface area (TPSA) is 103 Å². The number of nitrogens with one attached hydrogen (secondary N) is 1. The molecule has 1 atom stereocenters. The van der Waals surface area contributed by atoms with E-state index in [1.165, 1.54) is 13.4 Å². The molecule has 0 aromatic carbocycles. The Labute approximate surface area is 93.6 Å².